The van der Waals surface area contributed by atoms with Gasteiger partial charge in [0.2, 0.25) is 11.8 Å². The van der Waals surface area contributed by atoms with Crippen LogP contribution in [0.3, 0.4) is 0 Å². The van der Waals surface area contributed by atoms with Crippen LogP contribution in [-0.2, 0) is 23.1 Å². The monoisotopic (exact) mass is 409 g/mol. The second-order valence-electron chi connectivity index (χ2n) is 6.77. The SMILES string of the molecule is Cl.Cn1cc([C@H]2CNC[C@@H]2C(=O)NCCNC(=O)Cc2cccc(F)c2)cn1. The Morgan fingerprint density at radius 1 is 1.29 bits per heavy atom. The van der Waals surface area contributed by atoms with E-state index in [4.69, 9.17) is 0 Å². The van der Waals surface area contributed by atoms with Crippen LogP contribution in [0, 0.1) is 11.7 Å². The Morgan fingerprint density at radius 3 is 2.79 bits per heavy atom. The van der Waals surface area contributed by atoms with Gasteiger partial charge in [-0.1, -0.05) is 12.1 Å². The van der Waals surface area contributed by atoms with E-state index < -0.39 is 0 Å². The fourth-order valence-corrected chi connectivity index (χ4v) is 3.35. The van der Waals surface area contributed by atoms with Gasteiger partial charge in [0.25, 0.3) is 0 Å². The van der Waals surface area contributed by atoms with Crippen molar-refractivity contribution in [2.24, 2.45) is 13.0 Å². The summed E-state index contributed by atoms with van der Waals surface area (Å²) in [6.07, 6.45) is 3.84. The quantitative estimate of drug-likeness (QED) is 0.589. The van der Waals surface area contributed by atoms with Crippen LogP contribution in [0.25, 0.3) is 0 Å². The first kappa shape index (κ1) is 21.8. The van der Waals surface area contributed by atoms with Crippen LogP contribution in [0.4, 0.5) is 4.39 Å². The zero-order valence-corrected chi connectivity index (χ0v) is 16.5. The Bertz CT molecular complexity index is 813. The van der Waals surface area contributed by atoms with Crippen LogP contribution in [-0.4, -0.2) is 47.8 Å². The first-order valence-electron chi connectivity index (χ1n) is 9.01. The average Bonchev–Trinajstić information content (AvgIpc) is 3.27. The highest BCUT2D eigenvalue weighted by molar-refractivity contribution is 5.85. The highest BCUT2D eigenvalue weighted by Crippen LogP contribution is 2.27. The van der Waals surface area contributed by atoms with E-state index in [-0.39, 0.29) is 48.3 Å². The second-order valence-corrected chi connectivity index (χ2v) is 6.77. The number of carbonyl (C=O) groups excluding carboxylic acids is 2. The molecule has 0 radical (unpaired) electrons. The number of hydrogen-bond donors (Lipinski definition) is 3. The Hall–Kier alpha value is -2.45. The molecule has 152 valence electrons. The fourth-order valence-electron chi connectivity index (χ4n) is 3.35. The molecule has 0 bridgehead atoms. The first-order chi connectivity index (χ1) is 13.0. The van der Waals surface area contributed by atoms with Crippen LogP contribution >= 0.6 is 12.4 Å². The second kappa shape index (κ2) is 10.2. The van der Waals surface area contributed by atoms with Gasteiger partial charge >= 0.3 is 0 Å². The molecular formula is C19H25ClFN5O2. The van der Waals surface area contributed by atoms with E-state index in [1.165, 1.54) is 12.1 Å². The van der Waals surface area contributed by atoms with Gasteiger partial charge in [0, 0.05) is 45.3 Å². The summed E-state index contributed by atoms with van der Waals surface area (Å²) in [6.45, 7) is 2.05. The molecule has 1 aromatic carbocycles. The van der Waals surface area contributed by atoms with E-state index in [2.05, 4.69) is 21.0 Å². The van der Waals surface area contributed by atoms with E-state index >= 15 is 0 Å². The number of aromatic nitrogens is 2. The summed E-state index contributed by atoms with van der Waals surface area (Å²) < 4.78 is 14.9. The third-order valence-corrected chi connectivity index (χ3v) is 4.70. The number of aryl methyl sites for hydroxylation is 1. The lowest BCUT2D eigenvalue weighted by atomic mass is 9.90. The number of halogens is 2. The molecule has 0 unspecified atom stereocenters. The zero-order valence-electron chi connectivity index (χ0n) is 15.7. The van der Waals surface area contributed by atoms with Gasteiger partial charge in [-0.2, -0.15) is 5.10 Å². The van der Waals surface area contributed by atoms with Crippen LogP contribution in [0.5, 0.6) is 0 Å². The van der Waals surface area contributed by atoms with Crippen molar-refractivity contribution >= 4 is 24.2 Å². The van der Waals surface area contributed by atoms with Gasteiger partial charge in [-0.05, 0) is 23.3 Å². The number of nitrogens with zero attached hydrogens (tertiary/aromatic N) is 2. The summed E-state index contributed by atoms with van der Waals surface area (Å²) in [6, 6.07) is 5.96. The lowest BCUT2D eigenvalue weighted by Crippen LogP contribution is -2.39. The Labute approximate surface area is 169 Å². The Kier molecular flexibility index (Phi) is 7.95. The maximum atomic E-state index is 13.1. The molecule has 0 aliphatic carbocycles. The van der Waals surface area contributed by atoms with Crippen molar-refractivity contribution in [2.75, 3.05) is 26.2 Å². The number of hydrogen-bond acceptors (Lipinski definition) is 4. The number of benzene rings is 1. The highest BCUT2D eigenvalue weighted by atomic mass is 35.5. The van der Waals surface area contributed by atoms with Crippen molar-refractivity contribution in [1.82, 2.24) is 25.7 Å². The number of rotatable bonds is 7. The van der Waals surface area contributed by atoms with Crippen molar-refractivity contribution in [3.05, 3.63) is 53.6 Å². The van der Waals surface area contributed by atoms with Gasteiger partial charge in [-0.25, -0.2) is 4.39 Å². The summed E-state index contributed by atoms with van der Waals surface area (Å²) >= 11 is 0. The molecule has 3 rings (SSSR count). The van der Waals surface area contributed by atoms with Crippen LogP contribution in [0.1, 0.15) is 17.0 Å². The standard InChI is InChI=1S/C19H24FN5O2.ClH/c1-25-12-14(9-24-25)16-10-21-11-17(16)19(27)23-6-5-22-18(26)8-13-3-2-4-15(20)7-13;/h2-4,7,9,12,16-17,21H,5-6,8,10-11H2,1H3,(H,22,26)(H,23,27);1H/t16-,17+;/m1./s1. The number of carbonyl (C=O) groups is 2. The largest absolute Gasteiger partial charge is 0.354 e. The third-order valence-electron chi connectivity index (χ3n) is 4.70. The highest BCUT2D eigenvalue weighted by Gasteiger charge is 2.34. The maximum Gasteiger partial charge on any atom is 0.225 e. The normalized spacial score (nSPS) is 18.4. The van der Waals surface area contributed by atoms with Crippen LogP contribution in [0.15, 0.2) is 36.7 Å². The van der Waals surface area contributed by atoms with Gasteiger partial charge in [0.1, 0.15) is 5.82 Å². The van der Waals surface area contributed by atoms with Crippen molar-refractivity contribution < 1.29 is 14.0 Å². The minimum Gasteiger partial charge on any atom is -0.354 e. The van der Waals surface area contributed by atoms with E-state index in [0.29, 0.717) is 25.2 Å². The predicted molar refractivity (Wildman–Crippen MR) is 106 cm³/mol. The summed E-state index contributed by atoms with van der Waals surface area (Å²) in [5.74, 6) is -0.654. The van der Waals surface area contributed by atoms with Gasteiger partial charge in [-0.15, -0.1) is 12.4 Å². The molecule has 2 atom stereocenters. The minimum absolute atomic E-state index is 0. The van der Waals surface area contributed by atoms with Gasteiger partial charge in [0.05, 0.1) is 18.5 Å². The molecule has 7 nitrogen and oxygen atoms in total. The molecule has 3 N–H and O–H groups in total. The molecule has 1 aromatic heterocycles. The zero-order chi connectivity index (χ0) is 19.2. The molecule has 28 heavy (non-hydrogen) atoms. The lowest BCUT2D eigenvalue weighted by molar-refractivity contribution is -0.125. The molecule has 0 spiro atoms. The summed E-state index contributed by atoms with van der Waals surface area (Å²) in [7, 11) is 1.85. The average molecular weight is 410 g/mol. The molecule has 1 aliphatic rings. The van der Waals surface area contributed by atoms with Crippen molar-refractivity contribution in [2.45, 2.75) is 12.3 Å². The van der Waals surface area contributed by atoms with Gasteiger partial charge < -0.3 is 16.0 Å². The molecule has 1 aliphatic heterocycles. The number of nitrogens with one attached hydrogen (secondary N) is 3. The van der Waals surface area contributed by atoms with Crippen molar-refractivity contribution in [3.63, 3.8) is 0 Å². The topological polar surface area (TPSA) is 88.0 Å². The fraction of sp³-hybridized carbons (Fsp3) is 0.421. The van der Waals surface area contributed by atoms with Crippen LogP contribution < -0.4 is 16.0 Å². The molecule has 0 saturated carbocycles. The first-order valence-corrected chi connectivity index (χ1v) is 9.01. The molecule has 1 fully saturated rings. The molecule has 2 aromatic rings. The number of amides is 2. The predicted octanol–water partition coefficient (Wildman–Crippen LogP) is 0.759. The molecule has 1 saturated heterocycles. The van der Waals surface area contributed by atoms with E-state index in [1.807, 2.05) is 13.2 Å². The minimum atomic E-state index is -0.360. The maximum absolute atomic E-state index is 13.1. The molecule has 2 heterocycles. The van der Waals surface area contributed by atoms with E-state index in [1.54, 1.807) is 23.0 Å². The third kappa shape index (κ3) is 5.77. The molecule has 9 heteroatoms. The Morgan fingerprint density at radius 2 is 2.07 bits per heavy atom. The summed E-state index contributed by atoms with van der Waals surface area (Å²) in [5.41, 5.74) is 1.67. The molecule has 2 amide bonds. The van der Waals surface area contributed by atoms with Crippen LogP contribution in [0.2, 0.25) is 0 Å². The Balaban J connectivity index is 0.00000280. The smallest absolute Gasteiger partial charge is 0.225 e. The van der Waals surface area contributed by atoms with Gasteiger partial charge in [-0.3, -0.25) is 14.3 Å². The van der Waals surface area contributed by atoms with E-state index in [0.717, 1.165) is 12.1 Å². The van der Waals surface area contributed by atoms with E-state index in [9.17, 15) is 14.0 Å². The summed E-state index contributed by atoms with van der Waals surface area (Å²) in [5, 5.41) is 13.0. The molecular weight excluding hydrogens is 385 g/mol. The lowest BCUT2D eigenvalue weighted by Gasteiger charge is -2.17. The van der Waals surface area contributed by atoms with Gasteiger partial charge in [0.15, 0.2) is 0 Å². The van der Waals surface area contributed by atoms with Crippen molar-refractivity contribution in [1.29, 1.82) is 0 Å². The summed E-state index contributed by atoms with van der Waals surface area (Å²) in [4.78, 5) is 24.4. The van der Waals surface area contributed by atoms with Crippen molar-refractivity contribution in [3.8, 4) is 0 Å².